The van der Waals surface area contributed by atoms with Gasteiger partial charge in [0, 0.05) is 12.7 Å². The predicted octanol–water partition coefficient (Wildman–Crippen LogP) is 1.12. The van der Waals surface area contributed by atoms with Crippen molar-refractivity contribution in [3.8, 4) is 11.4 Å². The Morgan fingerprint density at radius 1 is 1.16 bits per heavy atom. The normalized spacial score (nSPS) is 10.5. The third-order valence-electron chi connectivity index (χ3n) is 3.31. The maximum absolute atomic E-state index is 13.4. The molecule has 1 heterocycles. The summed E-state index contributed by atoms with van der Waals surface area (Å²) in [6.45, 7) is -0.327. The molecule has 9 heteroatoms. The molecule has 1 N–H and O–H groups in total. The molecule has 128 valence electrons. The first-order chi connectivity index (χ1) is 12.0. The molecule has 3 aromatic rings. The van der Waals surface area contributed by atoms with Crippen molar-refractivity contribution in [2.24, 2.45) is 7.05 Å². The number of ether oxygens (including phenoxy) is 1. The average molecular weight is 343 g/mol. The Morgan fingerprint density at radius 2 is 1.88 bits per heavy atom. The minimum absolute atomic E-state index is 0.00928. The van der Waals surface area contributed by atoms with Crippen molar-refractivity contribution < 1.29 is 13.9 Å². The predicted molar refractivity (Wildman–Crippen MR) is 87.1 cm³/mol. The Labute approximate surface area is 141 Å². The lowest BCUT2D eigenvalue weighted by Gasteiger charge is -2.08. The maximum Gasteiger partial charge on any atom is 0.368 e. The highest BCUT2D eigenvalue weighted by molar-refractivity contribution is 5.91. The van der Waals surface area contributed by atoms with E-state index in [2.05, 4.69) is 15.7 Å². The number of nitrogens with zero attached hydrogens (tertiary/aromatic N) is 4. The second-order valence-electron chi connectivity index (χ2n) is 5.11. The number of halogens is 1. The van der Waals surface area contributed by atoms with Crippen LogP contribution in [-0.4, -0.2) is 32.3 Å². The lowest BCUT2D eigenvalue weighted by Crippen LogP contribution is -2.22. The van der Waals surface area contributed by atoms with Gasteiger partial charge in [-0.25, -0.2) is 9.18 Å². The number of hydrogen-bond donors (Lipinski definition) is 1. The first kappa shape index (κ1) is 16.4. The van der Waals surface area contributed by atoms with E-state index < -0.39 is 11.7 Å². The highest BCUT2D eigenvalue weighted by Crippen LogP contribution is 2.15. The van der Waals surface area contributed by atoms with Crippen LogP contribution in [0.1, 0.15) is 0 Å². The third kappa shape index (κ3) is 3.71. The second kappa shape index (κ2) is 6.95. The van der Waals surface area contributed by atoms with Crippen molar-refractivity contribution in [1.29, 1.82) is 0 Å². The molecule has 0 aliphatic rings. The lowest BCUT2D eigenvalue weighted by molar-refractivity contribution is -0.118. The van der Waals surface area contributed by atoms with Gasteiger partial charge >= 0.3 is 5.69 Å². The summed E-state index contributed by atoms with van der Waals surface area (Å²) in [6, 6.07) is 12.3. The van der Waals surface area contributed by atoms with E-state index in [0.717, 1.165) is 9.36 Å². The highest BCUT2D eigenvalue weighted by atomic mass is 19.1. The number of hydrogen-bond acceptors (Lipinski definition) is 5. The molecule has 0 bridgehead atoms. The number of tetrazole rings is 1. The summed E-state index contributed by atoms with van der Waals surface area (Å²) < 4.78 is 20.8. The molecule has 0 saturated carbocycles. The van der Waals surface area contributed by atoms with Gasteiger partial charge in [0.05, 0.1) is 5.69 Å². The molecule has 0 radical (unpaired) electrons. The first-order valence-corrected chi connectivity index (χ1v) is 7.31. The van der Waals surface area contributed by atoms with Crippen molar-refractivity contribution in [3.05, 3.63) is 64.8 Å². The van der Waals surface area contributed by atoms with Crippen LogP contribution >= 0.6 is 0 Å². The van der Waals surface area contributed by atoms with Gasteiger partial charge < -0.3 is 10.1 Å². The minimum atomic E-state index is -0.533. The topological polar surface area (TPSA) is 91.0 Å². The van der Waals surface area contributed by atoms with Crippen molar-refractivity contribution in [1.82, 2.24) is 19.8 Å². The Morgan fingerprint density at radius 3 is 2.52 bits per heavy atom. The van der Waals surface area contributed by atoms with Crippen LogP contribution in [0, 0.1) is 5.82 Å². The molecule has 2 aromatic carbocycles. The van der Waals surface area contributed by atoms with Gasteiger partial charge in [-0.15, -0.1) is 0 Å². The van der Waals surface area contributed by atoms with E-state index >= 15 is 0 Å². The molecule has 1 amide bonds. The van der Waals surface area contributed by atoms with Crippen LogP contribution in [0.15, 0.2) is 53.3 Å². The number of anilines is 1. The highest BCUT2D eigenvalue weighted by Gasteiger charge is 2.08. The van der Waals surface area contributed by atoms with Gasteiger partial charge in [0.2, 0.25) is 0 Å². The van der Waals surface area contributed by atoms with E-state index in [1.165, 1.54) is 25.2 Å². The molecule has 0 aliphatic carbocycles. The zero-order chi connectivity index (χ0) is 17.8. The molecular weight excluding hydrogens is 329 g/mol. The molecule has 0 saturated heterocycles. The molecular formula is C16H14FN5O3. The summed E-state index contributed by atoms with van der Waals surface area (Å²) in [4.78, 5) is 23.6. The zero-order valence-corrected chi connectivity index (χ0v) is 13.2. The smallest absolute Gasteiger partial charge is 0.368 e. The Balaban J connectivity index is 1.61. The fraction of sp³-hybridized carbons (Fsp3) is 0.125. The molecule has 0 spiro atoms. The third-order valence-corrected chi connectivity index (χ3v) is 3.31. The molecule has 0 fully saturated rings. The van der Waals surface area contributed by atoms with Crippen molar-refractivity contribution in [2.45, 2.75) is 0 Å². The summed E-state index contributed by atoms with van der Waals surface area (Å²) in [6.07, 6.45) is 0. The van der Waals surface area contributed by atoms with E-state index in [1.807, 2.05) is 0 Å². The molecule has 8 nitrogen and oxygen atoms in total. The number of amides is 1. The monoisotopic (exact) mass is 343 g/mol. The van der Waals surface area contributed by atoms with Crippen molar-refractivity contribution in [3.63, 3.8) is 0 Å². The number of benzene rings is 2. The first-order valence-electron chi connectivity index (χ1n) is 7.31. The summed E-state index contributed by atoms with van der Waals surface area (Å²) in [5.74, 6) is -0.961. The quantitative estimate of drug-likeness (QED) is 0.750. The van der Waals surface area contributed by atoms with E-state index in [9.17, 15) is 14.0 Å². The molecule has 0 atom stereocenters. The fourth-order valence-corrected chi connectivity index (χ4v) is 2.06. The van der Waals surface area contributed by atoms with Gasteiger partial charge in [0.25, 0.3) is 5.91 Å². The number of para-hydroxylation sites is 1. The Bertz CT molecular complexity index is 949. The summed E-state index contributed by atoms with van der Waals surface area (Å²) in [7, 11) is 1.50. The minimum Gasteiger partial charge on any atom is -0.481 e. The van der Waals surface area contributed by atoms with Crippen molar-refractivity contribution in [2.75, 3.05) is 11.9 Å². The molecule has 0 unspecified atom stereocenters. The summed E-state index contributed by atoms with van der Waals surface area (Å²) in [5.41, 5.74) is 0.636. The number of aryl methyl sites for hydroxylation is 1. The van der Waals surface area contributed by atoms with Crippen LogP contribution in [-0.2, 0) is 11.8 Å². The van der Waals surface area contributed by atoms with Crippen LogP contribution in [0.3, 0.4) is 0 Å². The number of aromatic nitrogens is 4. The van der Waals surface area contributed by atoms with Crippen LogP contribution in [0.2, 0.25) is 0 Å². The second-order valence-corrected chi connectivity index (χ2v) is 5.11. The SMILES string of the molecule is Cn1nnn(-c2ccc(NC(=O)COc3ccccc3F)cc2)c1=O. The van der Waals surface area contributed by atoms with E-state index in [1.54, 1.807) is 30.3 Å². The number of carbonyl (C=O) groups excluding carboxylic acids is 1. The maximum atomic E-state index is 13.4. The molecule has 0 aliphatic heterocycles. The molecule has 1 aromatic heterocycles. The van der Waals surface area contributed by atoms with Gasteiger partial charge in [-0.2, -0.15) is 9.36 Å². The van der Waals surface area contributed by atoms with Gasteiger partial charge in [0.15, 0.2) is 18.2 Å². The summed E-state index contributed by atoms with van der Waals surface area (Å²) >= 11 is 0. The Hall–Kier alpha value is -3.49. The van der Waals surface area contributed by atoms with E-state index in [4.69, 9.17) is 4.74 Å². The zero-order valence-electron chi connectivity index (χ0n) is 13.2. The molecule has 3 rings (SSSR count). The number of nitrogens with one attached hydrogen (secondary N) is 1. The lowest BCUT2D eigenvalue weighted by atomic mass is 10.3. The largest absolute Gasteiger partial charge is 0.481 e. The van der Waals surface area contributed by atoms with Crippen LogP contribution in [0.25, 0.3) is 5.69 Å². The van der Waals surface area contributed by atoms with Gasteiger partial charge in [-0.3, -0.25) is 4.79 Å². The van der Waals surface area contributed by atoms with Crippen LogP contribution in [0.5, 0.6) is 5.75 Å². The average Bonchev–Trinajstić information content (AvgIpc) is 2.94. The molecule has 25 heavy (non-hydrogen) atoms. The van der Waals surface area contributed by atoms with E-state index in [0.29, 0.717) is 11.4 Å². The van der Waals surface area contributed by atoms with Gasteiger partial charge in [-0.05, 0) is 46.8 Å². The fourth-order valence-electron chi connectivity index (χ4n) is 2.06. The van der Waals surface area contributed by atoms with Crippen LogP contribution < -0.4 is 15.7 Å². The Kier molecular flexibility index (Phi) is 4.55. The number of rotatable bonds is 5. The standard InChI is InChI=1S/C16H14FN5O3/c1-21-16(24)22(20-19-21)12-8-6-11(7-9-12)18-15(23)10-25-14-5-3-2-4-13(14)17/h2-9H,10H2,1H3,(H,18,23). The van der Waals surface area contributed by atoms with Crippen molar-refractivity contribution >= 4 is 11.6 Å². The van der Waals surface area contributed by atoms with E-state index in [-0.39, 0.29) is 18.0 Å². The van der Waals surface area contributed by atoms with Crippen LogP contribution in [0.4, 0.5) is 10.1 Å². The number of carbonyl (C=O) groups is 1. The van der Waals surface area contributed by atoms with Gasteiger partial charge in [0.1, 0.15) is 0 Å². The van der Waals surface area contributed by atoms with Gasteiger partial charge in [-0.1, -0.05) is 12.1 Å². The summed E-state index contributed by atoms with van der Waals surface area (Å²) in [5, 5.41) is 9.96.